The van der Waals surface area contributed by atoms with Gasteiger partial charge in [-0.25, -0.2) is 0 Å². The highest BCUT2D eigenvalue weighted by molar-refractivity contribution is 5.81. The van der Waals surface area contributed by atoms with Crippen LogP contribution in [0.1, 0.15) is 23.5 Å². The summed E-state index contributed by atoms with van der Waals surface area (Å²) in [6.07, 6.45) is 1.16. The molecule has 158 valence electrons. The van der Waals surface area contributed by atoms with Crippen LogP contribution in [-0.2, 0) is 9.53 Å². The SMILES string of the molecule is CN=C(NC1CC1c1ccccc1C)N1CCN(CC(=O)N2CCOCC2)CC1. The second-order valence-corrected chi connectivity index (χ2v) is 8.25. The molecule has 0 bridgehead atoms. The maximum absolute atomic E-state index is 12.5. The number of nitrogens with one attached hydrogen (secondary N) is 1. The third-order valence-electron chi connectivity index (χ3n) is 6.30. The lowest BCUT2D eigenvalue weighted by Crippen LogP contribution is -2.55. The smallest absolute Gasteiger partial charge is 0.236 e. The van der Waals surface area contributed by atoms with E-state index in [2.05, 4.69) is 51.3 Å². The molecule has 3 fully saturated rings. The molecule has 29 heavy (non-hydrogen) atoms. The molecular formula is C22H33N5O2. The fourth-order valence-electron chi connectivity index (χ4n) is 4.39. The number of amides is 1. The third kappa shape index (κ3) is 4.90. The number of carbonyl (C=O) groups excluding carboxylic acids is 1. The Hall–Kier alpha value is -2.12. The van der Waals surface area contributed by atoms with Gasteiger partial charge in [0.15, 0.2) is 5.96 Å². The van der Waals surface area contributed by atoms with Gasteiger partial charge in [-0.15, -0.1) is 0 Å². The van der Waals surface area contributed by atoms with Crippen molar-refractivity contribution in [3.8, 4) is 0 Å². The van der Waals surface area contributed by atoms with Gasteiger partial charge in [-0.1, -0.05) is 24.3 Å². The number of ether oxygens (including phenoxy) is 1. The van der Waals surface area contributed by atoms with E-state index in [1.54, 1.807) is 0 Å². The lowest BCUT2D eigenvalue weighted by atomic mass is 10.0. The first-order chi connectivity index (χ1) is 14.2. The van der Waals surface area contributed by atoms with Gasteiger partial charge in [-0.3, -0.25) is 14.7 Å². The van der Waals surface area contributed by atoms with E-state index in [9.17, 15) is 4.79 Å². The predicted octanol–water partition coefficient (Wildman–Crippen LogP) is 0.903. The van der Waals surface area contributed by atoms with Crippen LogP contribution in [0.4, 0.5) is 0 Å². The maximum atomic E-state index is 12.5. The largest absolute Gasteiger partial charge is 0.378 e. The van der Waals surface area contributed by atoms with Crippen LogP contribution in [0.15, 0.2) is 29.3 Å². The maximum Gasteiger partial charge on any atom is 0.236 e. The van der Waals surface area contributed by atoms with Crippen LogP contribution in [-0.4, -0.2) is 98.7 Å². The van der Waals surface area contributed by atoms with E-state index in [0.29, 0.717) is 31.7 Å². The summed E-state index contributed by atoms with van der Waals surface area (Å²) in [6.45, 7) is 9.05. The van der Waals surface area contributed by atoms with E-state index >= 15 is 0 Å². The quantitative estimate of drug-likeness (QED) is 0.602. The molecule has 1 saturated carbocycles. The topological polar surface area (TPSA) is 60.4 Å². The molecule has 2 unspecified atom stereocenters. The average Bonchev–Trinajstić information content (AvgIpc) is 3.52. The number of guanidine groups is 1. The minimum atomic E-state index is 0.225. The summed E-state index contributed by atoms with van der Waals surface area (Å²) < 4.78 is 5.34. The second-order valence-electron chi connectivity index (χ2n) is 8.25. The van der Waals surface area contributed by atoms with E-state index in [-0.39, 0.29) is 5.91 Å². The average molecular weight is 400 g/mol. The number of aliphatic imine (C=N–C) groups is 1. The molecule has 0 radical (unpaired) electrons. The first-order valence-corrected chi connectivity index (χ1v) is 10.8. The molecule has 0 aromatic heterocycles. The minimum Gasteiger partial charge on any atom is -0.378 e. The van der Waals surface area contributed by atoms with Gasteiger partial charge in [0.1, 0.15) is 0 Å². The van der Waals surface area contributed by atoms with Crippen molar-refractivity contribution in [1.29, 1.82) is 0 Å². The van der Waals surface area contributed by atoms with Crippen LogP contribution in [0.3, 0.4) is 0 Å². The first kappa shape index (κ1) is 20.2. The van der Waals surface area contributed by atoms with E-state index in [1.807, 2.05) is 11.9 Å². The molecule has 1 aliphatic carbocycles. The Morgan fingerprint density at radius 2 is 1.83 bits per heavy atom. The summed E-state index contributed by atoms with van der Waals surface area (Å²) in [6, 6.07) is 9.14. The lowest BCUT2D eigenvalue weighted by Gasteiger charge is -2.37. The zero-order chi connectivity index (χ0) is 20.2. The number of carbonyl (C=O) groups is 1. The second kappa shape index (κ2) is 9.13. The number of aryl methyl sites for hydroxylation is 1. The van der Waals surface area contributed by atoms with Gasteiger partial charge in [0.2, 0.25) is 5.91 Å². The molecule has 1 amide bonds. The summed E-state index contributed by atoms with van der Waals surface area (Å²) in [5.74, 6) is 1.80. The van der Waals surface area contributed by atoms with Crippen molar-refractivity contribution < 1.29 is 9.53 Å². The summed E-state index contributed by atoms with van der Waals surface area (Å²) in [5.41, 5.74) is 2.82. The number of morpholine rings is 1. The van der Waals surface area contributed by atoms with E-state index in [0.717, 1.165) is 51.6 Å². The van der Waals surface area contributed by atoms with Crippen molar-refractivity contribution >= 4 is 11.9 Å². The number of nitrogens with zero attached hydrogens (tertiary/aromatic N) is 4. The summed E-state index contributed by atoms with van der Waals surface area (Å²) >= 11 is 0. The molecule has 3 aliphatic rings. The van der Waals surface area contributed by atoms with Crippen LogP contribution in [0, 0.1) is 6.92 Å². The van der Waals surface area contributed by atoms with Gasteiger partial charge >= 0.3 is 0 Å². The van der Waals surface area contributed by atoms with Crippen LogP contribution in [0.25, 0.3) is 0 Å². The van der Waals surface area contributed by atoms with Crippen molar-refractivity contribution in [2.75, 3.05) is 66.1 Å². The number of hydrogen-bond donors (Lipinski definition) is 1. The zero-order valence-electron chi connectivity index (χ0n) is 17.6. The predicted molar refractivity (Wildman–Crippen MR) is 114 cm³/mol. The molecule has 0 spiro atoms. The molecule has 2 atom stereocenters. The summed E-state index contributed by atoms with van der Waals surface area (Å²) in [4.78, 5) is 23.5. The van der Waals surface area contributed by atoms with E-state index < -0.39 is 0 Å². The third-order valence-corrected chi connectivity index (χ3v) is 6.30. The highest BCUT2D eigenvalue weighted by Gasteiger charge is 2.40. The van der Waals surface area contributed by atoms with Crippen molar-refractivity contribution in [3.05, 3.63) is 35.4 Å². The number of hydrogen-bond acceptors (Lipinski definition) is 4. The molecule has 7 nitrogen and oxygen atoms in total. The van der Waals surface area contributed by atoms with Crippen molar-refractivity contribution in [2.24, 2.45) is 4.99 Å². The standard InChI is InChI=1S/C22H33N5O2/c1-17-5-3-4-6-18(17)19-15-20(19)24-22(23-2)27-9-7-25(8-10-27)16-21(28)26-11-13-29-14-12-26/h3-6,19-20H,7-16H2,1-2H3,(H,23,24). The number of rotatable bonds is 4. The molecule has 1 aromatic rings. The Balaban J connectivity index is 1.23. The monoisotopic (exact) mass is 399 g/mol. The van der Waals surface area contributed by atoms with Gasteiger partial charge in [0.05, 0.1) is 19.8 Å². The fraction of sp³-hybridized carbons (Fsp3) is 0.636. The Morgan fingerprint density at radius 3 is 2.52 bits per heavy atom. The Morgan fingerprint density at radius 1 is 1.10 bits per heavy atom. The van der Waals surface area contributed by atoms with Crippen molar-refractivity contribution in [1.82, 2.24) is 20.0 Å². The zero-order valence-corrected chi connectivity index (χ0v) is 17.6. The lowest BCUT2D eigenvalue weighted by molar-refractivity contribution is -0.136. The molecule has 4 rings (SSSR count). The normalized spacial score (nSPS) is 25.8. The van der Waals surface area contributed by atoms with Crippen LogP contribution in [0.2, 0.25) is 0 Å². The molecule has 1 aromatic carbocycles. The molecule has 2 saturated heterocycles. The number of piperazine rings is 1. The molecule has 2 heterocycles. The van der Waals surface area contributed by atoms with E-state index in [1.165, 1.54) is 11.1 Å². The van der Waals surface area contributed by atoms with Crippen LogP contribution < -0.4 is 5.32 Å². The van der Waals surface area contributed by atoms with Gasteiger partial charge in [0.25, 0.3) is 0 Å². The Labute approximate surface area is 173 Å². The fourth-order valence-corrected chi connectivity index (χ4v) is 4.39. The molecule has 7 heteroatoms. The minimum absolute atomic E-state index is 0.225. The summed E-state index contributed by atoms with van der Waals surface area (Å²) in [5, 5.41) is 3.66. The van der Waals surface area contributed by atoms with Gasteiger partial charge in [-0.05, 0) is 24.5 Å². The van der Waals surface area contributed by atoms with Gasteiger partial charge in [0, 0.05) is 58.3 Å². The van der Waals surface area contributed by atoms with E-state index in [4.69, 9.17) is 4.74 Å². The van der Waals surface area contributed by atoms with Gasteiger partial charge < -0.3 is 19.9 Å². The van der Waals surface area contributed by atoms with Crippen molar-refractivity contribution in [3.63, 3.8) is 0 Å². The Kier molecular flexibility index (Phi) is 6.35. The summed E-state index contributed by atoms with van der Waals surface area (Å²) in [7, 11) is 1.86. The Bertz CT molecular complexity index is 738. The molecule has 2 aliphatic heterocycles. The van der Waals surface area contributed by atoms with Crippen LogP contribution in [0.5, 0.6) is 0 Å². The van der Waals surface area contributed by atoms with Gasteiger partial charge in [-0.2, -0.15) is 0 Å². The van der Waals surface area contributed by atoms with Crippen LogP contribution >= 0.6 is 0 Å². The van der Waals surface area contributed by atoms with Crippen molar-refractivity contribution in [2.45, 2.75) is 25.3 Å². The number of benzene rings is 1. The highest BCUT2D eigenvalue weighted by Crippen LogP contribution is 2.42. The molecular weight excluding hydrogens is 366 g/mol. The first-order valence-electron chi connectivity index (χ1n) is 10.8. The highest BCUT2D eigenvalue weighted by atomic mass is 16.5. The molecule has 1 N–H and O–H groups in total.